The van der Waals surface area contributed by atoms with Crippen LogP contribution in [0.2, 0.25) is 0 Å². The monoisotopic (exact) mass is 187 g/mol. The number of hydrogen-bond acceptors (Lipinski definition) is 2. The Morgan fingerprint density at radius 1 is 1.21 bits per heavy atom. The van der Waals surface area contributed by atoms with Crippen molar-refractivity contribution in [1.29, 1.82) is 0 Å². The molecular weight excluding hydrogens is 174 g/mol. The average Bonchev–Trinajstić information content (AvgIpc) is 2.72. The summed E-state index contributed by atoms with van der Waals surface area (Å²) in [5.74, 6) is 0. The van der Waals surface area contributed by atoms with Crippen LogP contribution in [0.3, 0.4) is 0 Å². The zero-order valence-electron chi connectivity index (χ0n) is 8.02. The molecule has 0 heterocycles. The van der Waals surface area contributed by atoms with E-state index in [2.05, 4.69) is 11.2 Å². The fourth-order valence-corrected chi connectivity index (χ4v) is 1.37. The minimum absolute atomic E-state index is 0.554. The fourth-order valence-electron chi connectivity index (χ4n) is 1.37. The highest BCUT2D eigenvalue weighted by atomic mass is 16.6. The molecule has 0 amide bonds. The van der Waals surface area contributed by atoms with E-state index in [9.17, 15) is 0 Å². The second-order valence-electron chi connectivity index (χ2n) is 3.28. The maximum absolute atomic E-state index is 5.24. The lowest BCUT2D eigenvalue weighted by Gasteiger charge is -1.99. The summed E-state index contributed by atoms with van der Waals surface area (Å²) >= 11 is 0. The van der Waals surface area contributed by atoms with E-state index in [1.165, 1.54) is 0 Å². The number of oxime groups is 1. The van der Waals surface area contributed by atoms with Crippen LogP contribution in [0, 0.1) is 0 Å². The van der Waals surface area contributed by atoms with E-state index in [-0.39, 0.29) is 0 Å². The molecule has 72 valence electrons. The third-order valence-corrected chi connectivity index (χ3v) is 2.13. The van der Waals surface area contributed by atoms with Crippen LogP contribution in [-0.2, 0) is 11.4 Å². The molecule has 0 atom stereocenters. The molecular formula is C12H13NO. The predicted octanol–water partition coefficient (Wildman–Crippen LogP) is 2.91. The molecule has 0 aliphatic heterocycles. The Labute approximate surface area is 83.9 Å². The first kappa shape index (κ1) is 9.00. The summed E-state index contributed by atoms with van der Waals surface area (Å²) < 4.78 is 0. The summed E-state index contributed by atoms with van der Waals surface area (Å²) in [6.45, 7) is 0.554. The van der Waals surface area contributed by atoms with Crippen molar-refractivity contribution < 1.29 is 4.84 Å². The van der Waals surface area contributed by atoms with Gasteiger partial charge in [-0.3, -0.25) is 0 Å². The van der Waals surface area contributed by atoms with E-state index in [1.54, 1.807) is 0 Å². The first-order valence-corrected chi connectivity index (χ1v) is 4.84. The summed E-state index contributed by atoms with van der Waals surface area (Å²) in [4.78, 5) is 5.24. The standard InChI is InChI=1S/C12H13NO/c1-2-6-11(7-3-1)10-14-13-12-8-4-5-9-12/h1-4,6-8H,5,9-10H2/b13-12+. The first-order chi connectivity index (χ1) is 6.95. The lowest BCUT2D eigenvalue weighted by atomic mass is 10.2. The van der Waals surface area contributed by atoms with E-state index >= 15 is 0 Å². The van der Waals surface area contributed by atoms with Crippen molar-refractivity contribution in [3.63, 3.8) is 0 Å². The Hall–Kier alpha value is -1.57. The highest BCUT2D eigenvalue weighted by Crippen LogP contribution is 2.07. The Morgan fingerprint density at radius 2 is 2.07 bits per heavy atom. The first-order valence-electron chi connectivity index (χ1n) is 4.84. The van der Waals surface area contributed by atoms with Crippen molar-refractivity contribution in [3.8, 4) is 0 Å². The average molecular weight is 187 g/mol. The van der Waals surface area contributed by atoms with Gasteiger partial charge in [0.2, 0.25) is 0 Å². The molecule has 0 unspecified atom stereocenters. The summed E-state index contributed by atoms with van der Waals surface area (Å²) in [5, 5.41) is 4.05. The van der Waals surface area contributed by atoms with Gasteiger partial charge in [-0.2, -0.15) is 0 Å². The molecule has 1 aromatic carbocycles. The van der Waals surface area contributed by atoms with Gasteiger partial charge in [-0.05, 0) is 24.5 Å². The molecule has 2 nitrogen and oxygen atoms in total. The van der Waals surface area contributed by atoms with Crippen LogP contribution in [0.25, 0.3) is 0 Å². The van der Waals surface area contributed by atoms with Gasteiger partial charge in [0.1, 0.15) is 6.61 Å². The Bertz CT molecular complexity index is 341. The van der Waals surface area contributed by atoms with E-state index in [4.69, 9.17) is 4.84 Å². The number of nitrogens with zero attached hydrogens (tertiary/aromatic N) is 1. The van der Waals surface area contributed by atoms with Crippen LogP contribution in [0.15, 0.2) is 47.6 Å². The molecule has 0 radical (unpaired) electrons. The van der Waals surface area contributed by atoms with Crippen molar-refractivity contribution in [2.24, 2.45) is 5.16 Å². The molecule has 0 saturated carbocycles. The molecule has 14 heavy (non-hydrogen) atoms. The maximum atomic E-state index is 5.24. The lowest BCUT2D eigenvalue weighted by molar-refractivity contribution is 0.130. The minimum Gasteiger partial charge on any atom is -0.391 e. The highest BCUT2D eigenvalue weighted by molar-refractivity contribution is 5.96. The van der Waals surface area contributed by atoms with Crippen molar-refractivity contribution in [2.75, 3.05) is 0 Å². The normalized spacial score (nSPS) is 17.6. The minimum atomic E-state index is 0.554. The molecule has 1 aliphatic carbocycles. The predicted molar refractivity (Wildman–Crippen MR) is 57.0 cm³/mol. The molecule has 0 bridgehead atoms. The third-order valence-electron chi connectivity index (χ3n) is 2.13. The second-order valence-corrected chi connectivity index (χ2v) is 3.28. The fraction of sp³-hybridized carbons (Fsp3) is 0.250. The van der Waals surface area contributed by atoms with Crippen LogP contribution in [0.4, 0.5) is 0 Å². The van der Waals surface area contributed by atoms with Crippen molar-refractivity contribution in [1.82, 2.24) is 0 Å². The molecule has 0 N–H and O–H groups in total. The molecule has 0 saturated heterocycles. The van der Waals surface area contributed by atoms with Crippen molar-refractivity contribution in [2.45, 2.75) is 19.4 Å². The van der Waals surface area contributed by atoms with Crippen molar-refractivity contribution >= 4 is 5.71 Å². The molecule has 0 fully saturated rings. The zero-order valence-corrected chi connectivity index (χ0v) is 8.02. The quantitative estimate of drug-likeness (QED) is 0.667. The largest absolute Gasteiger partial charge is 0.391 e. The summed E-state index contributed by atoms with van der Waals surface area (Å²) in [5.41, 5.74) is 2.19. The van der Waals surface area contributed by atoms with Crippen LogP contribution < -0.4 is 0 Å². The maximum Gasteiger partial charge on any atom is 0.142 e. The molecule has 0 aromatic heterocycles. The Kier molecular flexibility index (Phi) is 2.96. The zero-order chi connectivity index (χ0) is 9.64. The smallest absolute Gasteiger partial charge is 0.142 e. The summed E-state index contributed by atoms with van der Waals surface area (Å²) in [6.07, 6.45) is 6.23. The Balaban J connectivity index is 1.83. The number of allylic oxidation sites excluding steroid dienone is 2. The summed E-state index contributed by atoms with van der Waals surface area (Å²) in [7, 11) is 0. The highest BCUT2D eigenvalue weighted by Gasteiger charge is 2.00. The Morgan fingerprint density at radius 3 is 2.79 bits per heavy atom. The molecule has 2 heteroatoms. The second kappa shape index (κ2) is 4.61. The van der Waals surface area contributed by atoms with Gasteiger partial charge in [0, 0.05) is 0 Å². The van der Waals surface area contributed by atoms with E-state index in [1.807, 2.05) is 36.4 Å². The molecule has 0 spiro atoms. The van der Waals surface area contributed by atoms with E-state index in [0.717, 1.165) is 24.1 Å². The van der Waals surface area contributed by atoms with Gasteiger partial charge >= 0.3 is 0 Å². The third kappa shape index (κ3) is 2.46. The lowest BCUT2D eigenvalue weighted by Crippen LogP contribution is -1.91. The van der Waals surface area contributed by atoms with Gasteiger partial charge in [0.05, 0.1) is 5.71 Å². The SMILES string of the molecule is C1=C/C(=N\OCc2ccccc2)CC1. The van der Waals surface area contributed by atoms with E-state index < -0.39 is 0 Å². The molecule has 1 aromatic rings. The topological polar surface area (TPSA) is 21.6 Å². The number of benzene rings is 1. The van der Waals surface area contributed by atoms with Gasteiger partial charge in [-0.1, -0.05) is 41.6 Å². The van der Waals surface area contributed by atoms with Crippen LogP contribution >= 0.6 is 0 Å². The van der Waals surface area contributed by atoms with Crippen LogP contribution in [0.1, 0.15) is 18.4 Å². The molecule has 2 rings (SSSR count). The summed E-state index contributed by atoms with van der Waals surface area (Å²) in [6, 6.07) is 10.1. The van der Waals surface area contributed by atoms with Gasteiger partial charge < -0.3 is 4.84 Å². The van der Waals surface area contributed by atoms with Crippen LogP contribution in [-0.4, -0.2) is 5.71 Å². The van der Waals surface area contributed by atoms with Crippen molar-refractivity contribution in [3.05, 3.63) is 48.0 Å². The van der Waals surface area contributed by atoms with Gasteiger partial charge in [-0.15, -0.1) is 0 Å². The van der Waals surface area contributed by atoms with Gasteiger partial charge in [0.15, 0.2) is 0 Å². The van der Waals surface area contributed by atoms with Gasteiger partial charge in [0.25, 0.3) is 0 Å². The van der Waals surface area contributed by atoms with Gasteiger partial charge in [-0.25, -0.2) is 0 Å². The molecule has 1 aliphatic rings. The number of rotatable bonds is 3. The van der Waals surface area contributed by atoms with Crippen LogP contribution in [0.5, 0.6) is 0 Å². The van der Waals surface area contributed by atoms with E-state index in [0.29, 0.717) is 6.61 Å². The number of hydrogen-bond donors (Lipinski definition) is 0.